The SMILES string of the molecule is Oc1ccc(O[C@H]2OC3COC(c4ccccc4)O[C@H]3C(O)C2O)cc1. The van der Waals surface area contributed by atoms with Crippen LogP contribution in [0.5, 0.6) is 11.5 Å². The maximum atomic E-state index is 10.5. The molecule has 2 heterocycles. The van der Waals surface area contributed by atoms with Gasteiger partial charge in [-0.2, -0.15) is 0 Å². The summed E-state index contributed by atoms with van der Waals surface area (Å²) in [6.45, 7) is 0.198. The number of hydrogen-bond donors (Lipinski definition) is 3. The minimum atomic E-state index is -1.29. The lowest BCUT2D eigenvalue weighted by Crippen LogP contribution is -2.62. The van der Waals surface area contributed by atoms with Gasteiger partial charge >= 0.3 is 0 Å². The smallest absolute Gasteiger partial charge is 0.229 e. The average Bonchev–Trinajstić information content (AvgIpc) is 2.68. The molecule has 0 aromatic heterocycles. The number of aliphatic hydroxyl groups excluding tert-OH is 2. The summed E-state index contributed by atoms with van der Waals surface area (Å²) in [5.41, 5.74) is 0.829. The van der Waals surface area contributed by atoms with Gasteiger partial charge in [-0.1, -0.05) is 30.3 Å². The standard InChI is InChI=1S/C19H20O7/c20-12-6-8-13(9-7-12)24-19-16(22)15(21)17-14(25-19)10-23-18(26-17)11-4-2-1-3-5-11/h1-9,14-22H,10H2/t14?,15?,16?,17-,18?,19+/m1/s1. The quantitative estimate of drug-likeness (QED) is 0.760. The van der Waals surface area contributed by atoms with Crippen LogP contribution < -0.4 is 4.74 Å². The van der Waals surface area contributed by atoms with Gasteiger partial charge in [-0.25, -0.2) is 0 Å². The Kier molecular flexibility index (Phi) is 4.80. The largest absolute Gasteiger partial charge is 0.508 e. The molecule has 138 valence electrons. The molecule has 0 saturated carbocycles. The Balaban J connectivity index is 1.45. The van der Waals surface area contributed by atoms with Gasteiger partial charge in [0.25, 0.3) is 0 Å². The molecule has 0 bridgehead atoms. The average molecular weight is 360 g/mol. The molecule has 2 aliphatic rings. The van der Waals surface area contributed by atoms with E-state index in [1.807, 2.05) is 30.3 Å². The van der Waals surface area contributed by atoms with Crippen molar-refractivity contribution in [3.8, 4) is 11.5 Å². The van der Waals surface area contributed by atoms with Crippen molar-refractivity contribution >= 4 is 0 Å². The summed E-state index contributed by atoms with van der Waals surface area (Å²) in [7, 11) is 0. The molecule has 0 aliphatic carbocycles. The van der Waals surface area contributed by atoms with Crippen molar-refractivity contribution in [2.75, 3.05) is 6.61 Å². The van der Waals surface area contributed by atoms with Crippen LogP contribution in [0.25, 0.3) is 0 Å². The lowest BCUT2D eigenvalue weighted by Gasteiger charge is -2.46. The van der Waals surface area contributed by atoms with Crippen LogP contribution in [-0.4, -0.2) is 52.6 Å². The van der Waals surface area contributed by atoms with Gasteiger partial charge in [0.15, 0.2) is 6.29 Å². The molecule has 2 aromatic rings. The van der Waals surface area contributed by atoms with Crippen molar-refractivity contribution < 1.29 is 34.3 Å². The van der Waals surface area contributed by atoms with E-state index in [2.05, 4.69) is 0 Å². The third kappa shape index (κ3) is 3.40. The fourth-order valence-electron chi connectivity index (χ4n) is 3.11. The first-order valence-electron chi connectivity index (χ1n) is 8.41. The Hall–Kier alpha value is -2.16. The summed E-state index contributed by atoms with van der Waals surface area (Å²) in [6, 6.07) is 15.4. The molecule has 0 amide bonds. The van der Waals surface area contributed by atoms with E-state index in [1.165, 1.54) is 12.1 Å². The van der Waals surface area contributed by atoms with E-state index in [4.69, 9.17) is 18.9 Å². The van der Waals surface area contributed by atoms with E-state index < -0.39 is 37.0 Å². The lowest BCUT2D eigenvalue weighted by atomic mass is 9.98. The fourth-order valence-corrected chi connectivity index (χ4v) is 3.11. The summed E-state index contributed by atoms with van der Waals surface area (Å²) in [5, 5.41) is 30.2. The van der Waals surface area contributed by atoms with Crippen LogP contribution in [0.15, 0.2) is 54.6 Å². The zero-order valence-electron chi connectivity index (χ0n) is 13.8. The van der Waals surface area contributed by atoms with Gasteiger partial charge in [0.2, 0.25) is 6.29 Å². The third-order valence-corrected chi connectivity index (χ3v) is 4.49. The molecular weight excluding hydrogens is 340 g/mol. The molecule has 7 nitrogen and oxygen atoms in total. The summed E-state index contributed by atoms with van der Waals surface area (Å²) in [4.78, 5) is 0. The molecule has 4 rings (SSSR count). The summed E-state index contributed by atoms with van der Waals surface area (Å²) in [6.07, 6.45) is -5.49. The number of aliphatic hydroxyl groups is 2. The van der Waals surface area contributed by atoms with Gasteiger partial charge in [0.05, 0.1) is 6.61 Å². The van der Waals surface area contributed by atoms with Gasteiger partial charge in [-0.05, 0) is 24.3 Å². The topological polar surface area (TPSA) is 97.6 Å². The highest BCUT2D eigenvalue weighted by Crippen LogP contribution is 2.34. The number of fused-ring (bicyclic) bond motifs is 1. The zero-order valence-corrected chi connectivity index (χ0v) is 13.8. The Morgan fingerprint density at radius 1 is 0.885 bits per heavy atom. The number of phenols is 1. The molecule has 3 N–H and O–H groups in total. The van der Waals surface area contributed by atoms with Crippen LogP contribution >= 0.6 is 0 Å². The molecule has 4 unspecified atom stereocenters. The van der Waals surface area contributed by atoms with Crippen molar-refractivity contribution in [3.05, 3.63) is 60.2 Å². The molecule has 7 heteroatoms. The number of aromatic hydroxyl groups is 1. The molecule has 2 aromatic carbocycles. The van der Waals surface area contributed by atoms with Gasteiger partial charge in [0.1, 0.15) is 35.9 Å². The zero-order chi connectivity index (χ0) is 18.1. The van der Waals surface area contributed by atoms with Crippen LogP contribution in [0.3, 0.4) is 0 Å². The number of ether oxygens (including phenoxy) is 4. The monoisotopic (exact) mass is 360 g/mol. The highest BCUT2D eigenvalue weighted by atomic mass is 16.8. The van der Waals surface area contributed by atoms with Crippen LogP contribution in [0.2, 0.25) is 0 Å². The van der Waals surface area contributed by atoms with Crippen molar-refractivity contribution in [1.29, 1.82) is 0 Å². The molecule has 2 aliphatic heterocycles. The highest BCUT2D eigenvalue weighted by molar-refractivity contribution is 5.30. The van der Waals surface area contributed by atoms with Crippen LogP contribution in [0, 0.1) is 0 Å². The summed E-state index contributed by atoms with van der Waals surface area (Å²) >= 11 is 0. The minimum absolute atomic E-state index is 0.101. The van der Waals surface area contributed by atoms with Crippen LogP contribution in [0.1, 0.15) is 11.9 Å². The van der Waals surface area contributed by atoms with E-state index in [0.717, 1.165) is 5.56 Å². The lowest BCUT2D eigenvalue weighted by molar-refractivity contribution is -0.350. The second-order valence-corrected chi connectivity index (χ2v) is 6.31. The third-order valence-electron chi connectivity index (χ3n) is 4.49. The summed E-state index contributed by atoms with van der Waals surface area (Å²) < 4.78 is 22.9. The molecular formula is C19H20O7. The first-order chi connectivity index (χ1) is 12.6. The van der Waals surface area contributed by atoms with Crippen LogP contribution in [-0.2, 0) is 14.2 Å². The van der Waals surface area contributed by atoms with Crippen molar-refractivity contribution in [2.24, 2.45) is 0 Å². The Morgan fingerprint density at radius 2 is 1.62 bits per heavy atom. The van der Waals surface area contributed by atoms with Crippen molar-refractivity contribution in [2.45, 2.75) is 37.0 Å². The molecule has 6 atom stereocenters. The molecule has 2 fully saturated rings. The first kappa shape index (κ1) is 17.3. The number of benzene rings is 2. The van der Waals surface area contributed by atoms with E-state index >= 15 is 0 Å². The van der Waals surface area contributed by atoms with E-state index in [1.54, 1.807) is 12.1 Å². The van der Waals surface area contributed by atoms with Crippen molar-refractivity contribution in [1.82, 2.24) is 0 Å². The maximum absolute atomic E-state index is 10.5. The Morgan fingerprint density at radius 3 is 2.35 bits per heavy atom. The van der Waals surface area contributed by atoms with Gasteiger partial charge in [0, 0.05) is 5.56 Å². The first-order valence-corrected chi connectivity index (χ1v) is 8.41. The normalized spacial score (nSPS) is 34.1. The van der Waals surface area contributed by atoms with Crippen LogP contribution in [0.4, 0.5) is 0 Å². The van der Waals surface area contributed by atoms with E-state index in [0.29, 0.717) is 5.75 Å². The number of hydrogen-bond acceptors (Lipinski definition) is 7. The minimum Gasteiger partial charge on any atom is -0.508 e. The Labute approximate surface area is 150 Å². The predicted molar refractivity (Wildman–Crippen MR) is 89.4 cm³/mol. The van der Waals surface area contributed by atoms with E-state index in [-0.39, 0.29) is 12.4 Å². The maximum Gasteiger partial charge on any atom is 0.229 e. The van der Waals surface area contributed by atoms with Gasteiger partial charge < -0.3 is 34.3 Å². The second-order valence-electron chi connectivity index (χ2n) is 6.31. The molecule has 0 radical (unpaired) electrons. The predicted octanol–water partition coefficient (Wildman–Crippen LogP) is 1.33. The van der Waals surface area contributed by atoms with Crippen molar-refractivity contribution in [3.63, 3.8) is 0 Å². The van der Waals surface area contributed by atoms with E-state index in [9.17, 15) is 15.3 Å². The molecule has 26 heavy (non-hydrogen) atoms. The molecule has 2 saturated heterocycles. The highest BCUT2D eigenvalue weighted by Gasteiger charge is 2.49. The second kappa shape index (κ2) is 7.22. The summed E-state index contributed by atoms with van der Waals surface area (Å²) in [5.74, 6) is 0.501. The van der Waals surface area contributed by atoms with Gasteiger partial charge in [-0.15, -0.1) is 0 Å². The molecule has 0 spiro atoms. The number of phenolic OH excluding ortho intramolecular Hbond substituents is 1. The Bertz CT molecular complexity index is 718. The van der Waals surface area contributed by atoms with Gasteiger partial charge in [-0.3, -0.25) is 0 Å². The number of rotatable bonds is 3. The fraction of sp³-hybridized carbons (Fsp3) is 0.368.